The minimum absolute atomic E-state index is 0.331. The highest BCUT2D eigenvalue weighted by Crippen LogP contribution is 2.26. The number of aromatic amines is 1. The van der Waals surface area contributed by atoms with Gasteiger partial charge in [0.25, 0.3) is 5.91 Å². The molecule has 7 heteroatoms. The van der Waals surface area contributed by atoms with E-state index in [1.54, 1.807) is 19.4 Å². The number of ether oxygens (including phenoxy) is 1. The van der Waals surface area contributed by atoms with Crippen molar-refractivity contribution in [2.24, 2.45) is 5.10 Å². The van der Waals surface area contributed by atoms with Gasteiger partial charge in [-0.25, -0.2) is 5.43 Å². The zero-order valence-electron chi connectivity index (χ0n) is 13.4. The number of nitrogens with one attached hydrogen (secondary N) is 2. The maximum absolute atomic E-state index is 12.1. The number of H-pyrrole nitrogens is 1. The van der Waals surface area contributed by atoms with Gasteiger partial charge >= 0.3 is 0 Å². The van der Waals surface area contributed by atoms with Crippen molar-refractivity contribution in [2.75, 3.05) is 7.11 Å². The van der Waals surface area contributed by atoms with Crippen LogP contribution in [0.2, 0.25) is 0 Å². The van der Waals surface area contributed by atoms with Crippen LogP contribution in [0.5, 0.6) is 5.75 Å². The molecule has 0 aliphatic rings. The molecule has 25 heavy (non-hydrogen) atoms. The summed E-state index contributed by atoms with van der Waals surface area (Å²) in [6.45, 7) is 0. The maximum Gasteiger partial charge on any atom is 0.289 e. The van der Waals surface area contributed by atoms with Crippen molar-refractivity contribution >= 4 is 28.1 Å². The van der Waals surface area contributed by atoms with Gasteiger partial charge in [0.1, 0.15) is 11.4 Å². The average molecular weight is 399 g/mol. The van der Waals surface area contributed by atoms with E-state index >= 15 is 0 Å². The van der Waals surface area contributed by atoms with Crippen molar-refractivity contribution in [1.82, 2.24) is 15.6 Å². The van der Waals surface area contributed by atoms with Crippen molar-refractivity contribution in [3.63, 3.8) is 0 Å². The molecule has 0 saturated carbocycles. The van der Waals surface area contributed by atoms with Crippen LogP contribution in [0, 0.1) is 0 Å². The van der Waals surface area contributed by atoms with E-state index < -0.39 is 0 Å². The lowest BCUT2D eigenvalue weighted by Crippen LogP contribution is -2.17. The van der Waals surface area contributed by atoms with Gasteiger partial charge in [-0.15, -0.1) is 0 Å². The van der Waals surface area contributed by atoms with Gasteiger partial charge in [-0.2, -0.15) is 10.2 Å². The maximum atomic E-state index is 12.1. The van der Waals surface area contributed by atoms with Gasteiger partial charge in [0.15, 0.2) is 0 Å². The summed E-state index contributed by atoms with van der Waals surface area (Å²) < 4.78 is 6.00. The van der Waals surface area contributed by atoms with Crippen LogP contribution in [0.3, 0.4) is 0 Å². The second kappa shape index (κ2) is 7.76. The highest BCUT2D eigenvalue weighted by molar-refractivity contribution is 9.10. The molecule has 0 atom stereocenters. The second-order valence-electron chi connectivity index (χ2n) is 5.12. The summed E-state index contributed by atoms with van der Waals surface area (Å²) in [5.41, 5.74) is 5.23. The number of hydrogen-bond donors (Lipinski definition) is 2. The van der Waals surface area contributed by atoms with E-state index in [0.717, 1.165) is 21.3 Å². The molecular weight excluding hydrogens is 384 g/mol. The molecule has 0 bridgehead atoms. The molecule has 0 aliphatic heterocycles. The molecule has 0 radical (unpaired) electrons. The fraction of sp³-hybridized carbons (Fsp3) is 0.0556. The Morgan fingerprint density at radius 3 is 2.72 bits per heavy atom. The lowest BCUT2D eigenvalue weighted by atomic mass is 10.1. The largest absolute Gasteiger partial charge is 0.497 e. The first kappa shape index (κ1) is 16.9. The van der Waals surface area contributed by atoms with E-state index in [1.165, 1.54) is 0 Å². The van der Waals surface area contributed by atoms with Gasteiger partial charge in [-0.1, -0.05) is 34.1 Å². The zero-order valence-corrected chi connectivity index (χ0v) is 14.9. The molecule has 0 unspecified atom stereocenters. The molecule has 1 aromatic heterocycles. The Hall–Kier alpha value is -2.93. The summed E-state index contributed by atoms with van der Waals surface area (Å²) in [5, 5.41) is 10.8. The van der Waals surface area contributed by atoms with Gasteiger partial charge in [-0.3, -0.25) is 9.89 Å². The topological polar surface area (TPSA) is 79.4 Å². The van der Waals surface area contributed by atoms with Crippen molar-refractivity contribution in [3.05, 3.63) is 70.3 Å². The van der Waals surface area contributed by atoms with Gasteiger partial charge in [0.2, 0.25) is 0 Å². The third kappa shape index (κ3) is 4.13. The van der Waals surface area contributed by atoms with Crippen LogP contribution in [-0.2, 0) is 0 Å². The third-order valence-electron chi connectivity index (χ3n) is 3.47. The third-order valence-corrected chi connectivity index (χ3v) is 4.16. The molecule has 0 saturated heterocycles. The number of aromatic nitrogens is 2. The number of hydrazone groups is 1. The highest BCUT2D eigenvalue weighted by atomic mass is 79.9. The predicted molar refractivity (Wildman–Crippen MR) is 99.8 cm³/mol. The Morgan fingerprint density at radius 1 is 1.24 bits per heavy atom. The summed E-state index contributed by atoms with van der Waals surface area (Å²) in [5.74, 6) is 0.397. The second-order valence-corrected chi connectivity index (χ2v) is 5.97. The minimum atomic E-state index is -0.365. The molecule has 0 aliphatic carbocycles. The predicted octanol–water partition coefficient (Wildman–Crippen LogP) is 3.61. The Kier molecular flexibility index (Phi) is 5.25. The van der Waals surface area contributed by atoms with Crippen LogP contribution < -0.4 is 10.2 Å². The number of benzene rings is 2. The summed E-state index contributed by atoms with van der Waals surface area (Å²) >= 11 is 3.47. The molecule has 3 aromatic rings. The molecule has 0 fully saturated rings. The van der Waals surface area contributed by atoms with Crippen LogP contribution >= 0.6 is 15.9 Å². The number of carbonyl (C=O) groups excluding carboxylic acids is 1. The quantitative estimate of drug-likeness (QED) is 0.508. The van der Waals surface area contributed by atoms with Gasteiger partial charge in [0.05, 0.1) is 19.0 Å². The first-order valence-electron chi connectivity index (χ1n) is 7.45. The van der Waals surface area contributed by atoms with Crippen LogP contribution in [-0.4, -0.2) is 29.4 Å². The minimum Gasteiger partial charge on any atom is -0.497 e. The van der Waals surface area contributed by atoms with Gasteiger partial charge in [0, 0.05) is 10.0 Å². The Labute approximate surface area is 153 Å². The van der Waals surface area contributed by atoms with Crippen molar-refractivity contribution in [1.29, 1.82) is 0 Å². The summed E-state index contributed by atoms with van der Waals surface area (Å²) in [6, 6.07) is 16.7. The molecule has 6 nitrogen and oxygen atoms in total. The SMILES string of the molecule is COc1ccc(/C=N\NC(=O)c2cc(-c3ccccc3Br)n[nH]2)cc1. The van der Waals surface area contributed by atoms with Crippen LogP contribution in [0.1, 0.15) is 16.1 Å². The lowest BCUT2D eigenvalue weighted by molar-refractivity contribution is 0.0950. The average Bonchev–Trinajstić information content (AvgIpc) is 3.12. The fourth-order valence-electron chi connectivity index (χ4n) is 2.16. The Balaban J connectivity index is 1.65. The Morgan fingerprint density at radius 2 is 2.00 bits per heavy atom. The molecular formula is C18H15BrN4O2. The summed E-state index contributed by atoms with van der Waals surface area (Å²) in [4.78, 5) is 12.1. The van der Waals surface area contributed by atoms with Crippen LogP contribution in [0.4, 0.5) is 0 Å². The van der Waals surface area contributed by atoms with Crippen molar-refractivity contribution in [3.8, 4) is 17.0 Å². The molecule has 126 valence electrons. The smallest absolute Gasteiger partial charge is 0.289 e. The van der Waals surface area contributed by atoms with E-state index in [4.69, 9.17) is 4.74 Å². The van der Waals surface area contributed by atoms with E-state index in [0.29, 0.717) is 11.4 Å². The first-order valence-corrected chi connectivity index (χ1v) is 8.24. The summed E-state index contributed by atoms with van der Waals surface area (Å²) in [7, 11) is 1.61. The zero-order chi connectivity index (χ0) is 17.6. The number of hydrogen-bond acceptors (Lipinski definition) is 4. The van der Waals surface area contributed by atoms with Crippen molar-refractivity contribution in [2.45, 2.75) is 0 Å². The molecule has 2 N–H and O–H groups in total. The highest BCUT2D eigenvalue weighted by Gasteiger charge is 2.11. The van der Waals surface area contributed by atoms with E-state index in [9.17, 15) is 4.79 Å². The van der Waals surface area contributed by atoms with Crippen molar-refractivity contribution < 1.29 is 9.53 Å². The van der Waals surface area contributed by atoms with E-state index in [1.807, 2.05) is 48.5 Å². The number of carbonyl (C=O) groups is 1. The summed E-state index contributed by atoms with van der Waals surface area (Å²) in [6.07, 6.45) is 1.56. The van der Waals surface area contributed by atoms with Crippen LogP contribution in [0.25, 0.3) is 11.3 Å². The van der Waals surface area contributed by atoms with Crippen LogP contribution in [0.15, 0.2) is 64.2 Å². The molecule has 0 spiro atoms. The molecule has 1 amide bonds. The molecule has 1 heterocycles. The standard InChI is InChI=1S/C18H15BrN4O2/c1-25-13-8-6-12(7-9-13)11-20-23-18(24)17-10-16(21-22-17)14-4-2-3-5-15(14)19/h2-11H,1H3,(H,21,22)(H,23,24)/b20-11-. The number of methoxy groups -OCH3 is 1. The van der Waals surface area contributed by atoms with E-state index in [2.05, 4.69) is 36.7 Å². The van der Waals surface area contributed by atoms with Gasteiger partial charge in [-0.05, 0) is 42.0 Å². The first-order chi connectivity index (χ1) is 12.2. The number of nitrogens with zero attached hydrogens (tertiary/aromatic N) is 2. The van der Waals surface area contributed by atoms with Gasteiger partial charge < -0.3 is 4.74 Å². The molecule has 3 rings (SSSR count). The molecule has 2 aromatic carbocycles. The fourth-order valence-corrected chi connectivity index (χ4v) is 2.65. The number of halogens is 1. The lowest BCUT2D eigenvalue weighted by Gasteiger charge is -1.99. The number of amides is 1. The normalized spacial score (nSPS) is 10.8. The monoisotopic (exact) mass is 398 g/mol. The number of rotatable bonds is 5. The van der Waals surface area contributed by atoms with E-state index in [-0.39, 0.29) is 5.91 Å². The Bertz CT molecular complexity index is 903.